The minimum atomic E-state index is -2.93. The minimum Gasteiger partial charge on any atom is -0.490 e. The van der Waals surface area contributed by atoms with E-state index in [1.54, 1.807) is 32.2 Å². The Balaban J connectivity index is 2.72. The molecular weight excluding hydrogens is 320 g/mol. The van der Waals surface area contributed by atoms with Crippen LogP contribution in [0.3, 0.4) is 0 Å². The molecule has 1 aromatic rings. The monoisotopic (exact) mass is 343 g/mol. The summed E-state index contributed by atoms with van der Waals surface area (Å²) >= 11 is 0. The summed E-state index contributed by atoms with van der Waals surface area (Å²) in [6.07, 6.45) is 3.67. The number of carbonyl (C=O) groups excluding carboxylic acids is 1. The Labute approximate surface area is 140 Å². The zero-order chi connectivity index (χ0) is 17.9. The third-order valence-corrected chi connectivity index (χ3v) is 3.05. The fraction of sp³-hybridized carbons (Fsp3) is 0.471. The minimum absolute atomic E-state index is 0.0112. The predicted molar refractivity (Wildman–Crippen MR) is 87.4 cm³/mol. The van der Waals surface area contributed by atoms with Crippen LogP contribution in [0.1, 0.15) is 25.8 Å². The van der Waals surface area contributed by atoms with Crippen LogP contribution < -0.4 is 14.8 Å². The largest absolute Gasteiger partial charge is 0.490 e. The molecule has 0 aromatic heterocycles. The molecule has 5 nitrogen and oxygen atoms in total. The second kappa shape index (κ2) is 10.6. The smallest absolute Gasteiger partial charge is 0.387 e. The fourth-order valence-electron chi connectivity index (χ4n) is 1.92. The fourth-order valence-corrected chi connectivity index (χ4v) is 1.92. The van der Waals surface area contributed by atoms with E-state index in [0.717, 1.165) is 0 Å². The standard InChI is InChI=1S/C17H23F2NO4/c1-4-23-15-11-13(5-7-14(15)24-17(18)19)6-8-16(21)20-12(2)9-10-22-3/h5-8,11-12,17H,4,9-10H2,1-3H3,(H,20,21)/b8-6+. The number of hydrogen-bond acceptors (Lipinski definition) is 4. The van der Waals surface area contributed by atoms with Gasteiger partial charge in [-0.15, -0.1) is 0 Å². The molecule has 0 aliphatic rings. The molecule has 0 saturated heterocycles. The van der Waals surface area contributed by atoms with Crippen LogP contribution in [0.15, 0.2) is 24.3 Å². The lowest BCUT2D eigenvalue weighted by molar-refractivity contribution is -0.117. The zero-order valence-electron chi connectivity index (χ0n) is 14.1. The van der Waals surface area contributed by atoms with Gasteiger partial charge in [0, 0.05) is 25.8 Å². The molecule has 1 N–H and O–H groups in total. The molecule has 7 heteroatoms. The Morgan fingerprint density at radius 3 is 2.71 bits per heavy atom. The van der Waals surface area contributed by atoms with Crippen molar-refractivity contribution in [2.75, 3.05) is 20.3 Å². The van der Waals surface area contributed by atoms with Gasteiger partial charge in [0.05, 0.1) is 6.61 Å². The van der Waals surface area contributed by atoms with E-state index in [1.807, 2.05) is 6.92 Å². The highest BCUT2D eigenvalue weighted by Gasteiger charge is 2.11. The first-order valence-corrected chi connectivity index (χ1v) is 7.65. The molecule has 1 aromatic carbocycles. The number of rotatable bonds is 10. The molecule has 0 aliphatic carbocycles. The van der Waals surface area contributed by atoms with Crippen LogP contribution in [0.2, 0.25) is 0 Å². The highest BCUT2D eigenvalue weighted by molar-refractivity contribution is 5.91. The number of ether oxygens (including phenoxy) is 3. The number of carbonyl (C=O) groups is 1. The van der Waals surface area contributed by atoms with Gasteiger partial charge in [-0.3, -0.25) is 4.79 Å². The first kappa shape index (κ1) is 19.9. The van der Waals surface area contributed by atoms with Gasteiger partial charge in [0.15, 0.2) is 11.5 Å². The van der Waals surface area contributed by atoms with Gasteiger partial charge in [0.25, 0.3) is 0 Å². The molecule has 0 radical (unpaired) electrons. The van der Waals surface area contributed by atoms with Crippen molar-refractivity contribution in [2.45, 2.75) is 32.9 Å². The van der Waals surface area contributed by atoms with E-state index in [2.05, 4.69) is 10.1 Å². The summed E-state index contributed by atoms with van der Waals surface area (Å²) in [7, 11) is 1.60. The molecule has 0 saturated carbocycles. The molecule has 0 spiro atoms. The average molecular weight is 343 g/mol. The molecule has 134 valence electrons. The number of amides is 1. The van der Waals surface area contributed by atoms with Crippen LogP contribution in [0.25, 0.3) is 6.08 Å². The molecule has 1 atom stereocenters. The van der Waals surface area contributed by atoms with Crippen LogP contribution in [-0.4, -0.2) is 38.9 Å². The van der Waals surface area contributed by atoms with Gasteiger partial charge < -0.3 is 19.5 Å². The molecule has 0 heterocycles. The quantitative estimate of drug-likeness (QED) is 0.663. The Hall–Kier alpha value is -2.15. The third-order valence-electron chi connectivity index (χ3n) is 3.05. The summed E-state index contributed by atoms with van der Waals surface area (Å²) in [5.41, 5.74) is 0.639. The van der Waals surface area contributed by atoms with Crippen molar-refractivity contribution in [1.82, 2.24) is 5.32 Å². The molecule has 1 amide bonds. The normalized spacial score (nSPS) is 12.4. The Morgan fingerprint density at radius 1 is 1.33 bits per heavy atom. The van der Waals surface area contributed by atoms with Gasteiger partial charge in [-0.25, -0.2) is 0 Å². The molecule has 24 heavy (non-hydrogen) atoms. The Kier molecular flexibility index (Phi) is 8.78. The average Bonchev–Trinajstić information content (AvgIpc) is 2.53. The van der Waals surface area contributed by atoms with Crippen molar-refractivity contribution < 1.29 is 27.8 Å². The first-order valence-electron chi connectivity index (χ1n) is 7.65. The van der Waals surface area contributed by atoms with Crippen LogP contribution in [-0.2, 0) is 9.53 Å². The summed E-state index contributed by atoms with van der Waals surface area (Å²) in [6, 6.07) is 4.48. The van der Waals surface area contributed by atoms with E-state index in [4.69, 9.17) is 9.47 Å². The van der Waals surface area contributed by atoms with Crippen LogP contribution >= 0.6 is 0 Å². The highest BCUT2D eigenvalue weighted by Crippen LogP contribution is 2.30. The van der Waals surface area contributed by atoms with Gasteiger partial charge in [-0.2, -0.15) is 8.78 Å². The molecular formula is C17H23F2NO4. The van der Waals surface area contributed by atoms with E-state index in [0.29, 0.717) is 25.2 Å². The van der Waals surface area contributed by atoms with E-state index in [-0.39, 0.29) is 23.4 Å². The van der Waals surface area contributed by atoms with E-state index in [1.165, 1.54) is 12.1 Å². The van der Waals surface area contributed by atoms with Gasteiger partial charge >= 0.3 is 6.61 Å². The van der Waals surface area contributed by atoms with E-state index < -0.39 is 6.61 Å². The first-order chi connectivity index (χ1) is 11.5. The van der Waals surface area contributed by atoms with Gasteiger partial charge in [-0.05, 0) is 44.0 Å². The number of alkyl halides is 2. The van der Waals surface area contributed by atoms with E-state index in [9.17, 15) is 13.6 Å². The number of methoxy groups -OCH3 is 1. The SMILES string of the molecule is CCOc1cc(/C=C/C(=O)NC(C)CCOC)ccc1OC(F)F. The molecule has 1 rings (SSSR count). The number of benzene rings is 1. The maximum atomic E-state index is 12.4. The topological polar surface area (TPSA) is 56.8 Å². The Morgan fingerprint density at radius 2 is 2.08 bits per heavy atom. The maximum absolute atomic E-state index is 12.4. The number of nitrogens with one attached hydrogen (secondary N) is 1. The molecule has 0 fully saturated rings. The van der Waals surface area contributed by atoms with Crippen molar-refractivity contribution in [3.05, 3.63) is 29.8 Å². The number of hydrogen-bond donors (Lipinski definition) is 1. The van der Waals surface area contributed by atoms with Crippen molar-refractivity contribution in [3.63, 3.8) is 0 Å². The lowest BCUT2D eigenvalue weighted by atomic mass is 10.2. The van der Waals surface area contributed by atoms with Crippen LogP contribution in [0, 0.1) is 0 Å². The highest BCUT2D eigenvalue weighted by atomic mass is 19.3. The molecule has 0 bridgehead atoms. The van der Waals surface area contributed by atoms with Gasteiger partial charge in [-0.1, -0.05) is 6.07 Å². The van der Waals surface area contributed by atoms with Crippen molar-refractivity contribution in [1.29, 1.82) is 0 Å². The van der Waals surface area contributed by atoms with Crippen molar-refractivity contribution >= 4 is 12.0 Å². The lowest BCUT2D eigenvalue weighted by Gasteiger charge is -2.12. The predicted octanol–water partition coefficient (Wildman–Crippen LogP) is 3.24. The summed E-state index contributed by atoms with van der Waals surface area (Å²) in [6.45, 7) is 1.57. The van der Waals surface area contributed by atoms with Crippen molar-refractivity contribution in [2.24, 2.45) is 0 Å². The molecule has 0 aliphatic heterocycles. The van der Waals surface area contributed by atoms with Gasteiger partial charge in [0.2, 0.25) is 5.91 Å². The third kappa shape index (κ3) is 7.41. The Bertz CT molecular complexity index is 549. The second-order valence-corrected chi connectivity index (χ2v) is 5.04. The second-order valence-electron chi connectivity index (χ2n) is 5.04. The van der Waals surface area contributed by atoms with E-state index >= 15 is 0 Å². The number of halogens is 2. The van der Waals surface area contributed by atoms with Crippen molar-refractivity contribution in [3.8, 4) is 11.5 Å². The summed E-state index contributed by atoms with van der Waals surface area (Å²) in [4.78, 5) is 11.8. The molecule has 1 unspecified atom stereocenters. The summed E-state index contributed by atoms with van der Waals surface area (Å²) in [5, 5.41) is 2.80. The lowest BCUT2D eigenvalue weighted by Crippen LogP contribution is -2.31. The van der Waals surface area contributed by atoms with Crippen LogP contribution in [0.5, 0.6) is 11.5 Å². The van der Waals surface area contributed by atoms with Gasteiger partial charge in [0.1, 0.15) is 0 Å². The summed E-state index contributed by atoms with van der Waals surface area (Å²) in [5.74, 6) is -0.0834. The van der Waals surface area contributed by atoms with Crippen LogP contribution in [0.4, 0.5) is 8.78 Å². The summed E-state index contributed by atoms with van der Waals surface area (Å²) < 4.78 is 39.3. The maximum Gasteiger partial charge on any atom is 0.387 e. The zero-order valence-corrected chi connectivity index (χ0v) is 14.1.